The molecule has 2 aliphatic heterocycles. The van der Waals surface area contributed by atoms with Crippen LogP contribution >= 0.6 is 0 Å². The second-order valence-corrected chi connectivity index (χ2v) is 9.74. The van der Waals surface area contributed by atoms with Gasteiger partial charge in [-0.1, -0.05) is 78.9 Å². The molecule has 0 saturated heterocycles. The quantitative estimate of drug-likeness (QED) is 0.317. The Morgan fingerprint density at radius 2 is 1.29 bits per heavy atom. The molecule has 2 heterocycles. The molecular formula is C32H30N2. The third kappa shape index (κ3) is 3.09. The van der Waals surface area contributed by atoms with Gasteiger partial charge in [-0.05, 0) is 67.6 Å². The molecule has 168 valence electrons. The SMILES string of the molecule is Cc1cccc(C)c1-c1ccc2c(c1)-c1ccccc1C1=C(c3ccccc3)N(C(C)C)CN12. The van der Waals surface area contributed by atoms with Gasteiger partial charge in [0.15, 0.2) is 0 Å². The first-order chi connectivity index (χ1) is 16.5. The van der Waals surface area contributed by atoms with E-state index in [1.54, 1.807) is 0 Å². The molecule has 0 fully saturated rings. The molecule has 0 N–H and O–H groups in total. The summed E-state index contributed by atoms with van der Waals surface area (Å²) in [6.07, 6.45) is 0. The minimum absolute atomic E-state index is 0.401. The molecule has 0 radical (unpaired) electrons. The lowest BCUT2D eigenvalue weighted by atomic mass is 9.87. The molecule has 0 spiro atoms. The molecule has 2 nitrogen and oxygen atoms in total. The van der Waals surface area contributed by atoms with Gasteiger partial charge in [0.05, 0.1) is 23.8 Å². The van der Waals surface area contributed by atoms with Gasteiger partial charge in [-0.15, -0.1) is 0 Å². The predicted molar refractivity (Wildman–Crippen MR) is 144 cm³/mol. The molecule has 0 saturated carbocycles. The zero-order chi connectivity index (χ0) is 23.4. The summed E-state index contributed by atoms with van der Waals surface area (Å²) in [6.45, 7) is 9.87. The smallest absolute Gasteiger partial charge is 0.0956 e. The van der Waals surface area contributed by atoms with Crippen molar-refractivity contribution in [2.24, 2.45) is 0 Å². The van der Waals surface area contributed by atoms with Crippen molar-refractivity contribution >= 4 is 17.1 Å². The van der Waals surface area contributed by atoms with Crippen LogP contribution in [-0.4, -0.2) is 17.6 Å². The summed E-state index contributed by atoms with van der Waals surface area (Å²) in [5, 5.41) is 0. The lowest BCUT2D eigenvalue weighted by Gasteiger charge is -2.32. The summed E-state index contributed by atoms with van der Waals surface area (Å²) in [5.74, 6) is 0. The lowest BCUT2D eigenvalue weighted by Crippen LogP contribution is -2.33. The topological polar surface area (TPSA) is 6.48 Å². The van der Waals surface area contributed by atoms with E-state index in [2.05, 4.69) is 128 Å². The van der Waals surface area contributed by atoms with Crippen molar-refractivity contribution in [1.29, 1.82) is 0 Å². The molecule has 0 aromatic heterocycles. The van der Waals surface area contributed by atoms with E-state index in [1.807, 2.05) is 0 Å². The summed E-state index contributed by atoms with van der Waals surface area (Å²) >= 11 is 0. The second kappa shape index (κ2) is 7.92. The molecule has 0 unspecified atom stereocenters. The Labute approximate surface area is 202 Å². The Morgan fingerprint density at radius 3 is 2.00 bits per heavy atom. The van der Waals surface area contributed by atoms with Crippen LogP contribution in [0.15, 0.2) is 91.0 Å². The van der Waals surface area contributed by atoms with Crippen molar-refractivity contribution < 1.29 is 0 Å². The van der Waals surface area contributed by atoms with Crippen LogP contribution in [0.4, 0.5) is 5.69 Å². The molecule has 0 bridgehead atoms. The van der Waals surface area contributed by atoms with E-state index in [4.69, 9.17) is 0 Å². The van der Waals surface area contributed by atoms with Gasteiger partial charge in [0.2, 0.25) is 0 Å². The van der Waals surface area contributed by atoms with Gasteiger partial charge >= 0.3 is 0 Å². The van der Waals surface area contributed by atoms with Crippen LogP contribution in [0, 0.1) is 13.8 Å². The van der Waals surface area contributed by atoms with Gasteiger partial charge in [-0.25, -0.2) is 0 Å². The molecule has 0 amide bonds. The molecule has 0 atom stereocenters. The minimum Gasteiger partial charge on any atom is -0.349 e. The van der Waals surface area contributed by atoms with Crippen LogP contribution in [0.2, 0.25) is 0 Å². The number of hydrogen-bond acceptors (Lipinski definition) is 2. The van der Waals surface area contributed by atoms with E-state index in [1.165, 1.54) is 61.6 Å². The fourth-order valence-electron chi connectivity index (χ4n) is 5.68. The number of anilines is 1. The standard InChI is InChI=1S/C32H30N2/c1-21(2)33-20-34-29-18-17-25(30-22(3)11-10-12-23(30)4)19-28(29)26-15-8-9-16-27(26)32(34)31(33)24-13-6-5-7-14-24/h5-19,21H,20H2,1-4H3. The Morgan fingerprint density at radius 1 is 0.618 bits per heavy atom. The fourth-order valence-corrected chi connectivity index (χ4v) is 5.68. The maximum absolute atomic E-state index is 2.54. The summed E-state index contributed by atoms with van der Waals surface area (Å²) in [6, 6.07) is 33.8. The third-order valence-corrected chi connectivity index (χ3v) is 7.28. The zero-order valence-corrected chi connectivity index (χ0v) is 20.3. The Hall–Kier alpha value is -3.78. The van der Waals surface area contributed by atoms with Crippen LogP contribution in [0.1, 0.15) is 36.1 Å². The first-order valence-corrected chi connectivity index (χ1v) is 12.2. The molecule has 4 aromatic rings. The highest BCUT2D eigenvalue weighted by Crippen LogP contribution is 2.51. The van der Waals surface area contributed by atoms with E-state index in [9.17, 15) is 0 Å². The van der Waals surface area contributed by atoms with Crippen molar-refractivity contribution in [2.45, 2.75) is 33.7 Å². The van der Waals surface area contributed by atoms with Gasteiger partial charge < -0.3 is 9.80 Å². The molecule has 2 aliphatic rings. The van der Waals surface area contributed by atoms with Crippen molar-refractivity contribution in [2.75, 3.05) is 11.6 Å². The highest BCUT2D eigenvalue weighted by Gasteiger charge is 2.38. The number of hydrogen-bond donors (Lipinski definition) is 0. The maximum Gasteiger partial charge on any atom is 0.0956 e. The monoisotopic (exact) mass is 442 g/mol. The highest BCUT2D eigenvalue weighted by molar-refractivity contribution is 6.09. The van der Waals surface area contributed by atoms with E-state index in [-0.39, 0.29) is 0 Å². The normalized spacial score (nSPS) is 14.4. The average molecular weight is 443 g/mol. The van der Waals surface area contributed by atoms with Crippen molar-refractivity contribution in [3.05, 3.63) is 113 Å². The van der Waals surface area contributed by atoms with Crippen LogP contribution in [0.3, 0.4) is 0 Å². The van der Waals surface area contributed by atoms with E-state index < -0.39 is 0 Å². The van der Waals surface area contributed by atoms with Crippen molar-refractivity contribution in [1.82, 2.24) is 4.90 Å². The first-order valence-electron chi connectivity index (χ1n) is 12.2. The van der Waals surface area contributed by atoms with Gasteiger partial charge in [0, 0.05) is 22.7 Å². The number of benzene rings is 4. The van der Waals surface area contributed by atoms with Gasteiger partial charge in [-0.2, -0.15) is 0 Å². The zero-order valence-electron chi connectivity index (χ0n) is 20.3. The summed E-state index contributed by atoms with van der Waals surface area (Å²) < 4.78 is 0. The van der Waals surface area contributed by atoms with Crippen LogP contribution < -0.4 is 4.90 Å². The fraction of sp³-hybridized carbons (Fsp3) is 0.188. The van der Waals surface area contributed by atoms with Gasteiger partial charge in [0.25, 0.3) is 0 Å². The Kier molecular flexibility index (Phi) is 4.84. The first kappa shape index (κ1) is 20.8. The van der Waals surface area contributed by atoms with Crippen molar-refractivity contribution in [3.63, 3.8) is 0 Å². The summed E-state index contributed by atoms with van der Waals surface area (Å²) in [7, 11) is 0. The third-order valence-electron chi connectivity index (χ3n) is 7.28. The molecular weight excluding hydrogens is 412 g/mol. The van der Waals surface area contributed by atoms with Gasteiger partial charge in [-0.3, -0.25) is 0 Å². The Bertz CT molecular complexity index is 1410. The number of aryl methyl sites for hydroxylation is 2. The maximum atomic E-state index is 2.54. The highest BCUT2D eigenvalue weighted by atomic mass is 15.4. The number of nitrogens with zero attached hydrogens (tertiary/aromatic N) is 2. The summed E-state index contributed by atoms with van der Waals surface area (Å²) in [4.78, 5) is 5.06. The van der Waals surface area contributed by atoms with Crippen molar-refractivity contribution in [3.8, 4) is 22.3 Å². The van der Waals surface area contributed by atoms with Gasteiger partial charge in [0.1, 0.15) is 0 Å². The summed E-state index contributed by atoms with van der Waals surface area (Å²) in [5.41, 5.74) is 14.4. The average Bonchev–Trinajstić information content (AvgIpc) is 3.26. The molecule has 0 aliphatic carbocycles. The van der Waals surface area contributed by atoms with Crippen LogP contribution in [0.25, 0.3) is 33.6 Å². The minimum atomic E-state index is 0.401. The van der Waals surface area contributed by atoms with E-state index in [0.29, 0.717) is 6.04 Å². The molecule has 6 rings (SSSR count). The van der Waals surface area contributed by atoms with Crippen LogP contribution in [-0.2, 0) is 0 Å². The molecule has 4 aromatic carbocycles. The second-order valence-electron chi connectivity index (χ2n) is 9.74. The molecule has 34 heavy (non-hydrogen) atoms. The van der Waals surface area contributed by atoms with Crippen LogP contribution in [0.5, 0.6) is 0 Å². The number of fused-ring (bicyclic) bond motifs is 6. The Balaban J connectivity index is 1.61. The molecule has 2 heteroatoms. The number of rotatable bonds is 3. The lowest BCUT2D eigenvalue weighted by molar-refractivity contribution is 0.353. The van der Waals surface area contributed by atoms with E-state index >= 15 is 0 Å². The predicted octanol–water partition coefficient (Wildman–Crippen LogP) is 7.96. The largest absolute Gasteiger partial charge is 0.349 e. The van der Waals surface area contributed by atoms with E-state index in [0.717, 1.165) is 6.67 Å².